The van der Waals surface area contributed by atoms with Crippen LogP contribution in [0.4, 0.5) is 4.79 Å². The summed E-state index contributed by atoms with van der Waals surface area (Å²) in [6.07, 6.45) is 4.20. The minimum absolute atomic E-state index is 0.0811. The van der Waals surface area contributed by atoms with Crippen LogP contribution in [-0.4, -0.2) is 40.9 Å². The van der Waals surface area contributed by atoms with Gasteiger partial charge in [0.15, 0.2) is 0 Å². The number of ether oxygens (including phenoxy) is 1. The Morgan fingerprint density at radius 1 is 1.35 bits per heavy atom. The highest BCUT2D eigenvalue weighted by molar-refractivity contribution is 5.70. The summed E-state index contributed by atoms with van der Waals surface area (Å²) in [7, 11) is 1.39. The van der Waals surface area contributed by atoms with Crippen LogP contribution in [0.2, 0.25) is 0 Å². The number of piperidine rings is 1. The normalized spacial score (nSPS) is 35.1. The minimum atomic E-state index is -0.843. The van der Waals surface area contributed by atoms with Crippen LogP contribution in [-0.2, 0) is 4.74 Å². The smallest absolute Gasteiger partial charge is 0.410 e. The molecule has 4 unspecified atom stereocenters. The van der Waals surface area contributed by atoms with Gasteiger partial charge in [0.1, 0.15) is 0 Å². The maximum atomic E-state index is 12.0. The molecule has 0 aliphatic carbocycles. The highest BCUT2D eigenvalue weighted by Gasteiger charge is 2.52. The number of rotatable bonds is 1. The number of carbonyl (C=O) groups excluding carboxylic acids is 1. The molecule has 3 rings (SSSR count). The van der Waals surface area contributed by atoms with E-state index in [0.717, 1.165) is 5.56 Å². The van der Waals surface area contributed by atoms with Gasteiger partial charge in [0.25, 0.3) is 0 Å². The molecule has 4 heteroatoms. The average Bonchev–Trinajstić information content (AvgIpc) is 2.75. The Morgan fingerprint density at radius 2 is 2.05 bits per heavy atom. The first kappa shape index (κ1) is 13.2. The second-order valence-electron chi connectivity index (χ2n) is 5.77. The molecule has 0 aromatic heterocycles. The molecule has 106 valence electrons. The van der Waals surface area contributed by atoms with E-state index in [1.807, 2.05) is 49.4 Å². The molecule has 1 amide bonds. The fourth-order valence-electron chi connectivity index (χ4n) is 3.58. The summed E-state index contributed by atoms with van der Waals surface area (Å²) >= 11 is 0. The molecule has 1 fully saturated rings. The Labute approximate surface area is 118 Å². The van der Waals surface area contributed by atoms with Crippen molar-refractivity contribution in [2.24, 2.45) is 0 Å². The van der Waals surface area contributed by atoms with Crippen LogP contribution in [0, 0.1) is 0 Å². The molecular weight excluding hydrogens is 254 g/mol. The maximum Gasteiger partial charge on any atom is 0.410 e. The fourth-order valence-corrected chi connectivity index (χ4v) is 3.58. The molecule has 20 heavy (non-hydrogen) atoms. The first-order valence-electron chi connectivity index (χ1n) is 6.86. The maximum absolute atomic E-state index is 12.0. The van der Waals surface area contributed by atoms with Gasteiger partial charge < -0.3 is 9.84 Å². The molecule has 2 aliphatic rings. The van der Waals surface area contributed by atoms with Gasteiger partial charge in [-0.1, -0.05) is 42.5 Å². The van der Waals surface area contributed by atoms with Gasteiger partial charge in [-0.2, -0.15) is 0 Å². The molecule has 0 spiro atoms. The molecule has 1 saturated heterocycles. The van der Waals surface area contributed by atoms with Crippen LogP contribution in [0.3, 0.4) is 0 Å². The summed E-state index contributed by atoms with van der Waals surface area (Å²) in [4.78, 5) is 13.7. The third kappa shape index (κ3) is 1.91. The van der Waals surface area contributed by atoms with Crippen molar-refractivity contribution >= 4 is 6.09 Å². The lowest BCUT2D eigenvalue weighted by Crippen LogP contribution is -2.57. The number of amides is 1. The van der Waals surface area contributed by atoms with Gasteiger partial charge in [-0.3, -0.25) is 4.90 Å². The first-order chi connectivity index (χ1) is 9.54. The predicted molar refractivity (Wildman–Crippen MR) is 75.4 cm³/mol. The van der Waals surface area contributed by atoms with Crippen LogP contribution in [0.15, 0.2) is 42.5 Å². The quantitative estimate of drug-likeness (QED) is 0.799. The summed E-state index contributed by atoms with van der Waals surface area (Å²) in [5.41, 5.74) is 0.200. The lowest BCUT2D eigenvalue weighted by molar-refractivity contribution is -0.0480. The van der Waals surface area contributed by atoms with Crippen molar-refractivity contribution in [1.29, 1.82) is 0 Å². The van der Waals surface area contributed by atoms with Crippen molar-refractivity contribution < 1.29 is 14.6 Å². The number of carbonyl (C=O) groups is 1. The van der Waals surface area contributed by atoms with E-state index in [4.69, 9.17) is 4.74 Å². The molecule has 0 saturated carbocycles. The molecule has 4 atom stereocenters. The van der Waals surface area contributed by atoms with E-state index in [1.165, 1.54) is 7.11 Å². The Morgan fingerprint density at radius 3 is 2.70 bits per heavy atom. The molecule has 0 radical (unpaired) electrons. The van der Waals surface area contributed by atoms with Crippen molar-refractivity contribution in [3.63, 3.8) is 0 Å². The zero-order valence-corrected chi connectivity index (χ0v) is 11.7. The van der Waals surface area contributed by atoms with Crippen LogP contribution in [0.5, 0.6) is 0 Å². The Hall–Kier alpha value is -1.81. The Bertz CT molecular complexity index is 538. The van der Waals surface area contributed by atoms with Gasteiger partial charge >= 0.3 is 6.09 Å². The molecule has 2 bridgehead atoms. The van der Waals surface area contributed by atoms with Gasteiger partial charge in [-0.25, -0.2) is 4.79 Å². The van der Waals surface area contributed by atoms with Crippen molar-refractivity contribution in [3.8, 4) is 0 Å². The van der Waals surface area contributed by atoms with Gasteiger partial charge in [0.05, 0.1) is 24.8 Å². The van der Waals surface area contributed by atoms with Gasteiger partial charge in [0.2, 0.25) is 0 Å². The van der Waals surface area contributed by atoms with Crippen LogP contribution in [0.1, 0.15) is 24.8 Å². The summed E-state index contributed by atoms with van der Waals surface area (Å²) in [6, 6.07) is 9.63. The topological polar surface area (TPSA) is 49.8 Å². The predicted octanol–water partition coefficient (Wildman–Crippen LogP) is 2.30. The van der Waals surface area contributed by atoms with Crippen molar-refractivity contribution in [1.82, 2.24) is 4.90 Å². The summed E-state index contributed by atoms with van der Waals surface area (Å²) in [5, 5.41) is 10.8. The highest BCUT2D eigenvalue weighted by atomic mass is 16.5. The van der Waals surface area contributed by atoms with E-state index in [0.29, 0.717) is 6.42 Å². The third-order valence-corrected chi connectivity index (χ3v) is 4.39. The molecular formula is C16H19NO3. The molecule has 2 heterocycles. The van der Waals surface area contributed by atoms with E-state index in [2.05, 4.69) is 0 Å². The molecule has 1 aromatic carbocycles. The lowest BCUT2D eigenvalue weighted by Gasteiger charge is -2.47. The number of nitrogens with zero attached hydrogens (tertiary/aromatic N) is 1. The van der Waals surface area contributed by atoms with E-state index in [1.54, 1.807) is 4.90 Å². The van der Waals surface area contributed by atoms with Crippen molar-refractivity contribution in [3.05, 3.63) is 48.0 Å². The van der Waals surface area contributed by atoms with Gasteiger partial charge in [0, 0.05) is 12.3 Å². The average molecular weight is 273 g/mol. The second kappa shape index (κ2) is 4.63. The van der Waals surface area contributed by atoms with E-state index in [-0.39, 0.29) is 24.1 Å². The van der Waals surface area contributed by atoms with E-state index >= 15 is 0 Å². The van der Waals surface area contributed by atoms with Gasteiger partial charge in [-0.05, 0) is 12.5 Å². The standard InChI is InChI=1S/C16H19NO3/c1-16(19)10-12-8-9-13(17(12)15(18)20-2)14(16)11-6-4-3-5-7-11/h3-9,12-14,19H,10H2,1-2H3. The molecule has 1 N–H and O–H groups in total. The zero-order valence-electron chi connectivity index (χ0n) is 11.7. The SMILES string of the molecule is COC(=O)N1C2C=CC1C(c1ccccc1)C(C)(O)C2. The highest BCUT2D eigenvalue weighted by Crippen LogP contribution is 2.46. The number of methoxy groups -OCH3 is 1. The summed E-state index contributed by atoms with van der Waals surface area (Å²) in [5.74, 6) is -0.141. The molecule has 4 nitrogen and oxygen atoms in total. The zero-order chi connectivity index (χ0) is 14.3. The van der Waals surface area contributed by atoms with Crippen molar-refractivity contribution in [2.45, 2.75) is 36.9 Å². The van der Waals surface area contributed by atoms with Gasteiger partial charge in [-0.15, -0.1) is 0 Å². The molecule has 2 aliphatic heterocycles. The second-order valence-corrected chi connectivity index (χ2v) is 5.77. The lowest BCUT2D eigenvalue weighted by atomic mass is 9.73. The Balaban J connectivity index is 2.02. The number of benzene rings is 1. The third-order valence-electron chi connectivity index (χ3n) is 4.39. The largest absolute Gasteiger partial charge is 0.453 e. The van der Waals surface area contributed by atoms with Crippen LogP contribution < -0.4 is 0 Å². The molecule has 1 aromatic rings. The summed E-state index contributed by atoms with van der Waals surface area (Å²) < 4.78 is 4.89. The van der Waals surface area contributed by atoms with Crippen LogP contribution in [0.25, 0.3) is 0 Å². The first-order valence-corrected chi connectivity index (χ1v) is 6.86. The number of fused-ring (bicyclic) bond motifs is 2. The number of hydrogen-bond acceptors (Lipinski definition) is 3. The minimum Gasteiger partial charge on any atom is -0.453 e. The monoisotopic (exact) mass is 273 g/mol. The fraction of sp³-hybridized carbons (Fsp3) is 0.438. The van der Waals surface area contributed by atoms with Crippen LogP contribution >= 0.6 is 0 Å². The Kier molecular flexibility index (Phi) is 3.05. The summed E-state index contributed by atoms with van der Waals surface area (Å²) in [6.45, 7) is 1.85. The van der Waals surface area contributed by atoms with E-state index in [9.17, 15) is 9.90 Å². The van der Waals surface area contributed by atoms with E-state index < -0.39 is 5.60 Å². The van der Waals surface area contributed by atoms with Crippen molar-refractivity contribution in [2.75, 3.05) is 7.11 Å². The number of aliphatic hydroxyl groups is 1. The number of hydrogen-bond donors (Lipinski definition) is 1.